The molecule has 0 bridgehead atoms. The fourth-order valence-corrected chi connectivity index (χ4v) is 5.55. The molecule has 0 aromatic heterocycles. The standard InChI is InChI=1S/C26H40BrN5O3/c1-4-5-8-20(14-29-25(34)18-10-17(3)30-23(33)11-18)31-24-21(12-19(27)13-22(24)28)26(35)32-9-6-7-16(2)15-32/h12-13,16-18,20,31H,4-11,14-15,28H2,1-3H3,(H,29,34)(H,30,33)/t16-,17-,18+,20+/m0/s1. The summed E-state index contributed by atoms with van der Waals surface area (Å²) in [6, 6.07) is 3.53. The van der Waals surface area contributed by atoms with Crippen molar-refractivity contribution in [3.8, 4) is 0 Å². The topological polar surface area (TPSA) is 117 Å². The van der Waals surface area contributed by atoms with Gasteiger partial charge in [-0.3, -0.25) is 14.4 Å². The number of likely N-dealkylation sites (tertiary alicyclic amines) is 1. The molecule has 2 aliphatic rings. The van der Waals surface area contributed by atoms with E-state index in [9.17, 15) is 14.4 Å². The summed E-state index contributed by atoms with van der Waals surface area (Å²) in [4.78, 5) is 40.1. The number of rotatable bonds is 9. The summed E-state index contributed by atoms with van der Waals surface area (Å²) in [6.45, 7) is 8.10. The van der Waals surface area contributed by atoms with Gasteiger partial charge in [-0.25, -0.2) is 0 Å². The molecule has 1 aromatic rings. The zero-order chi connectivity index (χ0) is 25.5. The SMILES string of the molecule is CCCC[C@H](CNC(=O)[C@H]1CC(=O)N[C@@H](C)C1)Nc1c(N)cc(Br)cc1C(=O)N1CCC[C@H](C)C1. The first-order chi connectivity index (χ1) is 16.7. The highest BCUT2D eigenvalue weighted by Crippen LogP contribution is 2.32. The molecule has 2 aliphatic heterocycles. The van der Waals surface area contributed by atoms with Crippen LogP contribution in [0.1, 0.15) is 76.1 Å². The molecule has 0 unspecified atom stereocenters. The molecule has 194 valence electrons. The lowest BCUT2D eigenvalue weighted by Gasteiger charge is -2.32. The molecule has 3 amide bonds. The van der Waals surface area contributed by atoms with Crippen LogP contribution in [0, 0.1) is 11.8 Å². The van der Waals surface area contributed by atoms with Crippen LogP contribution in [0.5, 0.6) is 0 Å². The molecule has 2 fully saturated rings. The van der Waals surface area contributed by atoms with E-state index in [1.165, 1.54) is 0 Å². The molecule has 2 saturated heterocycles. The van der Waals surface area contributed by atoms with E-state index < -0.39 is 0 Å². The number of benzene rings is 1. The van der Waals surface area contributed by atoms with Crippen LogP contribution in [-0.4, -0.2) is 54.3 Å². The second kappa shape index (κ2) is 12.6. The lowest BCUT2D eigenvalue weighted by atomic mass is 9.92. The number of hydrogen-bond acceptors (Lipinski definition) is 5. The van der Waals surface area contributed by atoms with Gasteiger partial charge in [-0.05, 0) is 50.7 Å². The van der Waals surface area contributed by atoms with E-state index in [0.29, 0.717) is 35.8 Å². The molecule has 8 nitrogen and oxygen atoms in total. The van der Waals surface area contributed by atoms with Gasteiger partial charge in [-0.15, -0.1) is 0 Å². The number of carbonyl (C=O) groups excluding carboxylic acids is 3. The van der Waals surface area contributed by atoms with Crippen LogP contribution in [0.2, 0.25) is 0 Å². The Kier molecular flexibility index (Phi) is 9.83. The largest absolute Gasteiger partial charge is 0.397 e. The van der Waals surface area contributed by atoms with Crippen molar-refractivity contribution in [3.63, 3.8) is 0 Å². The van der Waals surface area contributed by atoms with Gasteiger partial charge in [0.25, 0.3) is 5.91 Å². The first-order valence-corrected chi connectivity index (χ1v) is 13.7. The number of nitrogen functional groups attached to an aromatic ring is 1. The van der Waals surface area contributed by atoms with Crippen molar-refractivity contribution >= 4 is 45.0 Å². The van der Waals surface area contributed by atoms with E-state index in [-0.39, 0.29) is 42.1 Å². The number of halogens is 1. The second-order valence-corrected chi connectivity index (χ2v) is 11.2. The van der Waals surface area contributed by atoms with E-state index in [4.69, 9.17) is 5.73 Å². The summed E-state index contributed by atoms with van der Waals surface area (Å²) in [5.41, 5.74) is 8.08. The van der Waals surface area contributed by atoms with E-state index >= 15 is 0 Å². The minimum absolute atomic E-state index is 0.00495. The number of hydrogen-bond donors (Lipinski definition) is 4. The Morgan fingerprint density at radius 1 is 1.31 bits per heavy atom. The van der Waals surface area contributed by atoms with Gasteiger partial charge in [0.1, 0.15) is 0 Å². The van der Waals surface area contributed by atoms with Crippen LogP contribution >= 0.6 is 15.9 Å². The number of piperidine rings is 2. The Balaban J connectivity index is 1.75. The quantitative estimate of drug-likeness (QED) is 0.348. The molecule has 5 N–H and O–H groups in total. The van der Waals surface area contributed by atoms with Gasteiger partial charge in [0.05, 0.1) is 16.9 Å². The number of carbonyl (C=O) groups is 3. The highest BCUT2D eigenvalue weighted by molar-refractivity contribution is 9.10. The normalized spacial score (nSPS) is 23.4. The van der Waals surface area contributed by atoms with Crippen molar-refractivity contribution in [2.24, 2.45) is 11.8 Å². The fourth-order valence-electron chi connectivity index (χ4n) is 5.08. The molecular weight excluding hydrogens is 510 g/mol. The molecule has 9 heteroatoms. The summed E-state index contributed by atoms with van der Waals surface area (Å²) in [5, 5.41) is 9.40. The minimum Gasteiger partial charge on any atom is -0.397 e. The van der Waals surface area contributed by atoms with E-state index in [1.54, 1.807) is 6.07 Å². The van der Waals surface area contributed by atoms with Gasteiger partial charge in [0, 0.05) is 48.5 Å². The highest BCUT2D eigenvalue weighted by Gasteiger charge is 2.30. The zero-order valence-electron chi connectivity index (χ0n) is 21.2. The van der Waals surface area contributed by atoms with Gasteiger partial charge >= 0.3 is 0 Å². The van der Waals surface area contributed by atoms with E-state index in [1.807, 2.05) is 17.9 Å². The molecule has 0 saturated carbocycles. The number of unbranched alkanes of at least 4 members (excludes halogenated alkanes) is 1. The molecule has 0 radical (unpaired) electrons. The zero-order valence-corrected chi connectivity index (χ0v) is 22.7. The predicted octanol–water partition coefficient (Wildman–Crippen LogP) is 3.91. The summed E-state index contributed by atoms with van der Waals surface area (Å²) in [5.74, 6) is -0.0421. The molecule has 0 aliphatic carbocycles. The van der Waals surface area contributed by atoms with Crippen LogP contribution in [0.3, 0.4) is 0 Å². The van der Waals surface area contributed by atoms with Crippen molar-refractivity contribution in [2.75, 3.05) is 30.7 Å². The van der Waals surface area contributed by atoms with Gasteiger partial charge in [0.15, 0.2) is 0 Å². The smallest absolute Gasteiger partial charge is 0.256 e. The van der Waals surface area contributed by atoms with Crippen LogP contribution in [0.15, 0.2) is 16.6 Å². The van der Waals surface area contributed by atoms with Crippen molar-refractivity contribution in [1.82, 2.24) is 15.5 Å². The Bertz CT molecular complexity index is 924. The van der Waals surface area contributed by atoms with Gasteiger partial charge < -0.3 is 26.6 Å². The van der Waals surface area contributed by atoms with Crippen molar-refractivity contribution in [2.45, 2.75) is 77.8 Å². The number of anilines is 2. The molecule has 3 rings (SSSR count). The molecule has 2 heterocycles. The Morgan fingerprint density at radius 2 is 2.09 bits per heavy atom. The number of nitrogens with two attached hydrogens (primary N) is 1. The van der Waals surface area contributed by atoms with E-state index in [0.717, 1.165) is 49.7 Å². The molecule has 4 atom stereocenters. The Morgan fingerprint density at radius 3 is 2.77 bits per heavy atom. The third-order valence-corrected chi connectivity index (χ3v) is 7.39. The summed E-state index contributed by atoms with van der Waals surface area (Å²) in [6.07, 6.45) is 5.80. The maximum absolute atomic E-state index is 13.5. The minimum atomic E-state index is -0.318. The Hall–Kier alpha value is -2.29. The highest BCUT2D eigenvalue weighted by atomic mass is 79.9. The van der Waals surface area contributed by atoms with Gasteiger partial charge in [0.2, 0.25) is 11.8 Å². The maximum atomic E-state index is 13.5. The molecule has 35 heavy (non-hydrogen) atoms. The van der Waals surface area contributed by atoms with Crippen LogP contribution in [0.4, 0.5) is 11.4 Å². The first-order valence-electron chi connectivity index (χ1n) is 12.9. The first kappa shape index (κ1) is 27.3. The van der Waals surface area contributed by atoms with Gasteiger partial charge in [-0.2, -0.15) is 0 Å². The third-order valence-electron chi connectivity index (χ3n) is 6.93. The average Bonchev–Trinajstić information content (AvgIpc) is 2.80. The van der Waals surface area contributed by atoms with E-state index in [2.05, 4.69) is 45.7 Å². The summed E-state index contributed by atoms with van der Waals surface area (Å²) < 4.78 is 0.761. The third kappa shape index (κ3) is 7.59. The second-order valence-electron chi connectivity index (χ2n) is 10.3. The van der Waals surface area contributed by atoms with Crippen LogP contribution in [-0.2, 0) is 9.59 Å². The van der Waals surface area contributed by atoms with Crippen molar-refractivity contribution in [3.05, 3.63) is 22.2 Å². The molecule has 1 aromatic carbocycles. The molecular formula is C26H40BrN5O3. The summed E-state index contributed by atoms with van der Waals surface area (Å²) >= 11 is 3.49. The predicted molar refractivity (Wildman–Crippen MR) is 143 cm³/mol. The average molecular weight is 551 g/mol. The molecule has 0 spiro atoms. The van der Waals surface area contributed by atoms with Crippen LogP contribution < -0.4 is 21.7 Å². The number of amides is 3. The lowest BCUT2D eigenvalue weighted by Crippen LogP contribution is -2.47. The Labute approximate surface area is 217 Å². The number of nitrogens with zero attached hydrogens (tertiary/aromatic N) is 1. The maximum Gasteiger partial charge on any atom is 0.256 e. The van der Waals surface area contributed by atoms with Crippen molar-refractivity contribution < 1.29 is 14.4 Å². The monoisotopic (exact) mass is 549 g/mol. The van der Waals surface area contributed by atoms with Crippen LogP contribution in [0.25, 0.3) is 0 Å². The van der Waals surface area contributed by atoms with Crippen molar-refractivity contribution in [1.29, 1.82) is 0 Å². The van der Waals surface area contributed by atoms with Gasteiger partial charge in [-0.1, -0.05) is 42.6 Å². The fraction of sp³-hybridized carbons (Fsp3) is 0.654. The number of nitrogens with one attached hydrogen (secondary N) is 3. The lowest BCUT2D eigenvalue weighted by molar-refractivity contribution is -0.133. The summed E-state index contributed by atoms with van der Waals surface area (Å²) in [7, 11) is 0.